The first-order valence-electron chi connectivity index (χ1n) is 9.84. The fraction of sp³-hybridized carbons (Fsp3) is 0.350. The standard InChI is InChI=1S/C20H19N5O6S2/c1-24-20(21-22-23-24)33-9-12-8-32-18-13(17(28)25(18)15(12)19(29)30)7-14(27)16(31-10-26)11-5-3-2-4-6-11/h2-6,10,13,16,18H,7-9H2,1H3,(H,29,30)/t13-,16-,18-/m1/s1. The van der Waals surface area contributed by atoms with Crippen LogP contribution in [0.25, 0.3) is 0 Å². The minimum absolute atomic E-state index is 0.0566. The van der Waals surface area contributed by atoms with Gasteiger partial charge in [0, 0.05) is 25.0 Å². The molecule has 0 bridgehead atoms. The number of carboxylic acids is 1. The molecule has 0 unspecified atom stereocenters. The SMILES string of the molecule is Cn1nnnc1SCC1=C(C(=O)O)N2C(=O)[C@@H](CC(=O)[C@H](OC=O)c3ccccc3)[C@H]2SC1. The molecule has 2 aromatic rings. The Morgan fingerprint density at radius 3 is 2.76 bits per heavy atom. The molecule has 0 spiro atoms. The summed E-state index contributed by atoms with van der Waals surface area (Å²) < 4.78 is 6.48. The number of aliphatic carboxylic acids is 1. The molecule has 1 aromatic carbocycles. The minimum Gasteiger partial charge on any atom is -0.477 e. The fourth-order valence-corrected chi connectivity index (χ4v) is 6.17. The molecule has 2 aliphatic heterocycles. The van der Waals surface area contributed by atoms with E-state index < -0.39 is 35.1 Å². The van der Waals surface area contributed by atoms with Crippen molar-refractivity contribution < 1.29 is 29.0 Å². The Hall–Kier alpha value is -3.19. The predicted octanol–water partition coefficient (Wildman–Crippen LogP) is 1.05. The molecule has 0 radical (unpaired) electrons. The predicted molar refractivity (Wildman–Crippen MR) is 117 cm³/mol. The number of nitrogens with zero attached hydrogens (tertiary/aromatic N) is 5. The molecule has 0 aliphatic carbocycles. The Morgan fingerprint density at radius 1 is 1.36 bits per heavy atom. The van der Waals surface area contributed by atoms with Gasteiger partial charge in [0.05, 0.1) is 11.3 Å². The zero-order valence-electron chi connectivity index (χ0n) is 17.4. The van der Waals surface area contributed by atoms with Gasteiger partial charge in [-0.05, 0) is 21.6 Å². The van der Waals surface area contributed by atoms with E-state index in [4.69, 9.17) is 4.74 Å². The van der Waals surface area contributed by atoms with Crippen LogP contribution in [0.2, 0.25) is 0 Å². The molecular formula is C20H19N5O6S2. The zero-order valence-corrected chi connectivity index (χ0v) is 19.0. The molecule has 2 aliphatic rings. The lowest BCUT2D eigenvalue weighted by atomic mass is 9.88. The van der Waals surface area contributed by atoms with E-state index in [0.29, 0.717) is 27.8 Å². The molecule has 11 nitrogen and oxygen atoms in total. The third kappa shape index (κ3) is 4.50. The monoisotopic (exact) mass is 489 g/mol. The quantitative estimate of drug-likeness (QED) is 0.290. The number of fused-ring (bicyclic) bond motifs is 1. The number of aryl methyl sites for hydroxylation is 1. The Balaban J connectivity index is 1.48. The molecule has 0 saturated carbocycles. The highest BCUT2D eigenvalue weighted by Crippen LogP contribution is 2.46. The third-order valence-corrected chi connectivity index (χ3v) is 7.82. The maximum atomic E-state index is 12.9. The van der Waals surface area contributed by atoms with E-state index in [-0.39, 0.29) is 18.6 Å². The average molecular weight is 490 g/mol. The van der Waals surface area contributed by atoms with Crippen LogP contribution in [0.3, 0.4) is 0 Å². The lowest BCUT2D eigenvalue weighted by molar-refractivity contribution is -0.156. The Morgan fingerprint density at radius 2 is 2.12 bits per heavy atom. The molecule has 3 heterocycles. The van der Waals surface area contributed by atoms with Crippen molar-refractivity contribution in [3.8, 4) is 0 Å². The number of aromatic nitrogens is 4. The summed E-state index contributed by atoms with van der Waals surface area (Å²) in [6, 6.07) is 8.54. The molecule has 1 aromatic heterocycles. The number of amides is 1. The number of Topliss-reactive ketones (excluding diaryl/α,β-unsaturated/α-hetero) is 1. The molecule has 172 valence electrons. The van der Waals surface area contributed by atoms with E-state index in [2.05, 4.69) is 15.5 Å². The van der Waals surface area contributed by atoms with Crippen molar-refractivity contribution >= 4 is 47.7 Å². The zero-order chi connectivity index (χ0) is 23.5. The van der Waals surface area contributed by atoms with Crippen molar-refractivity contribution in [3.63, 3.8) is 0 Å². The van der Waals surface area contributed by atoms with E-state index >= 15 is 0 Å². The molecule has 13 heteroatoms. The normalized spacial score (nSPS) is 20.6. The fourth-order valence-electron chi connectivity index (χ4n) is 3.77. The first-order valence-corrected chi connectivity index (χ1v) is 11.9. The highest BCUT2D eigenvalue weighted by molar-refractivity contribution is 8.01. The highest BCUT2D eigenvalue weighted by atomic mass is 32.2. The third-order valence-electron chi connectivity index (χ3n) is 5.32. The Labute approximate surface area is 196 Å². The summed E-state index contributed by atoms with van der Waals surface area (Å²) in [5, 5.41) is 21.0. The van der Waals surface area contributed by atoms with Crippen LogP contribution in [0.5, 0.6) is 0 Å². The second-order valence-corrected chi connectivity index (χ2v) is 9.39. The van der Waals surface area contributed by atoms with Crippen LogP contribution in [0.15, 0.2) is 46.8 Å². The van der Waals surface area contributed by atoms with E-state index in [0.717, 1.165) is 0 Å². The van der Waals surface area contributed by atoms with Crippen molar-refractivity contribution in [2.75, 3.05) is 11.5 Å². The van der Waals surface area contributed by atoms with Crippen LogP contribution in [0, 0.1) is 5.92 Å². The lowest BCUT2D eigenvalue weighted by Crippen LogP contribution is -2.62. The smallest absolute Gasteiger partial charge is 0.352 e. The van der Waals surface area contributed by atoms with Crippen LogP contribution in [-0.4, -0.2) is 71.2 Å². The van der Waals surface area contributed by atoms with E-state index in [1.807, 2.05) is 0 Å². The molecular weight excluding hydrogens is 470 g/mol. The number of ketones is 1. The molecule has 1 saturated heterocycles. The number of hydrogen-bond acceptors (Lipinski definition) is 10. The van der Waals surface area contributed by atoms with Crippen molar-refractivity contribution in [2.24, 2.45) is 13.0 Å². The number of carboxylic acid groups (broad SMARTS) is 1. The van der Waals surface area contributed by atoms with Gasteiger partial charge in [0.15, 0.2) is 11.9 Å². The highest BCUT2D eigenvalue weighted by Gasteiger charge is 2.54. The molecule has 1 amide bonds. The maximum absolute atomic E-state index is 12.9. The molecule has 1 N–H and O–H groups in total. The first kappa shape index (κ1) is 23.0. The number of ether oxygens (including phenoxy) is 1. The number of tetrazole rings is 1. The second-order valence-electron chi connectivity index (χ2n) is 7.34. The van der Waals surface area contributed by atoms with Gasteiger partial charge in [0.25, 0.3) is 6.47 Å². The van der Waals surface area contributed by atoms with Crippen LogP contribution in [-0.2, 0) is 31.0 Å². The van der Waals surface area contributed by atoms with Gasteiger partial charge in [-0.15, -0.1) is 16.9 Å². The van der Waals surface area contributed by atoms with Crippen LogP contribution < -0.4 is 0 Å². The number of carbonyl (C=O) groups is 4. The Kier molecular flexibility index (Phi) is 6.79. The minimum atomic E-state index is -1.20. The topological polar surface area (TPSA) is 145 Å². The maximum Gasteiger partial charge on any atom is 0.352 e. The number of carbonyl (C=O) groups excluding carboxylic acids is 3. The summed E-state index contributed by atoms with van der Waals surface area (Å²) in [4.78, 5) is 50.0. The van der Waals surface area contributed by atoms with E-state index in [9.17, 15) is 24.3 Å². The second kappa shape index (κ2) is 9.75. The number of thioether (sulfide) groups is 2. The average Bonchev–Trinajstić information content (AvgIpc) is 3.23. The van der Waals surface area contributed by atoms with Gasteiger partial charge in [0.2, 0.25) is 11.1 Å². The van der Waals surface area contributed by atoms with E-state index in [1.165, 1.54) is 33.1 Å². The molecule has 4 rings (SSSR count). The van der Waals surface area contributed by atoms with Gasteiger partial charge in [-0.1, -0.05) is 42.1 Å². The van der Waals surface area contributed by atoms with Crippen molar-refractivity contribution in [2.45, 2.75) is 23.1 Å². The summed E-state index contributed by atoms with van der Waals surface area (Å²) in [5.41, 5.74) is 1.04. The molecule has 1 fully saturated rings. The first-order chi connectivity index (χ1) is 15.9. The van der Waals surface area contributed by atoms with Crippen molar-refractivity contribution in [1.82, 2.24) is 25.1 Å². The number of hydrogen-bond donors (Lipinski definition) is 1. The molecule has 3 atom stereocenters. The molecule has 33 heavy (non-hydrogen) atoms. The van der Waals surface area contributed by atoms with Gasteiger partial charge < -0.3 is 9.84 Å². The summed E-state index contributed by atoms with van der Waals surface area (Å²) in [6.07, 6.45) is -1.26. The summed E-state index contributed by atoms with van der Waals surface area (Å²) in [6.45, 7) is 0.210. The van der Waals surface area contributed by atoms with Crippen molar-refractivity contribution in [1.29, 1.82) is 0 Å². The van der Waals surface area contributed by atoms with Gasteiger partial charge in [0.1, 0.15) is 5.70 Å². The van der Waals surface area contributed by atoms with Crippen LogP contribution in [0.4, 0.5) is 0 Å². The summed E-state index contributed by atoms with van der Waals surface area (Å²) in [7, 11) is 1.68. The number of benzene rings is 1. The summed E-state index contributed by atoms with van der Waals surface area (Å²) in [5.74, 6) is -2.02. The largest absolute Gasteiger partial charge is 0.477 e. The van der Waals surface area contributed by atoms with Gasteiger partial charge in [-0.2, -0.15) is 0 Å². The van der Waals surface area contributed by atoms with Gasteiger partial charge in [-0.3, -0.25) is 19.3 Å². The lowest BCUT2D eigenvalue weighted by Gasteiger charge is -2.49. The van der Waals surface area contributed by atoms with E-state index in [1.54, 1.807) is 37.4 Å². The Bertz CT molecular complexity index is 1120. The van der Waals surface area contributed by atoms with Gasteiger partial charge in [-0.25, -0.2) is 9.48 Å². The van der Waals surface area contributed by atoms with Crippen LogP contribution >= 0.6 is 23.5 Å². The van der Waals surface area contributed by atoms with Crippen LogP contribution in [0.1, 0.15) is 18.1 Å². The number of rotatable bonds is 10. The van der Waals surface area contributed by atoms with Crippen molar-refractivity contribution in [3.05, 3.63) is 47.2 Å². The van der Waals surface area contributed by atoms with Gasteiger partial charge >= 0.3 is 5.97 Å². The summed E-state index contributed by atoms with van der Waals surface area (Å²) >= 11 is 2.69. The number of β-lactam (4-membered cyclic amide) rings is 1.